The van der Waals surface area contributed by atoms with E-state index in [1.165, 1.54) is 0 Å². The summed E-state index contributed by atoms with van der Waals surface area (Å²) in [4.78, 5) is 26.0. The van der Waals surface area contributed by atoms with Gasteiger partial charge in [-0.25, -0.2) is 0 Å². The van der Waals surface area contributed by atoms with Crippen LogP contribution in [0.2, 0.25) is 0 Å². The maximum atomic E-state index is 12.0. The molecule has 1 aliphatic rings. The Bertz CT molecular complexity index is 521. The molecule has 5 nitrogen and oxygen atoms in total. The molecule has 1 aromatic rings. The van der Waals surface area contributed by atoms with Crippen LogP contribution in [0.15, 0.2) is 28.7 Å². The van der Waals surface area contributed by atoms with Crippen molar-refractivity contribution in [2.75, 3.05) is 19.7 Å². The average Bonchev–Trinajstić information content (AvgIpc) is 2.48. The number of likely N-dealkylation sites (tertiary alicyclic amines) is 1. The fourth-order valence-corrected chi connectivity index (χ4v) is 3.00. The molecule has 0 aromatic heterocycles. The van der Waals surface area contributed by atoms with Gasteiger partial charge >= 0.3 is 0 Å². The molecule has 1 unspecified atom stereocenters. The molecule has 21 heavy (non-hydrogen) atoms. The van der Waals surface area contributed by atoms with E-state index in [0.29, 0.717) is 10.0 Å². The minimum atomic E-state index is -0.412. The molecule has 1 aromatic carbocycles. The summed E-state index contributed by atoms with van der Waals surface area (Å²) >= 11 is 3.29. The number of amides is 2. The lowest BCUT2D eigenvalue weighted by molar-refractivity contribution is -0.122. The maximum Gasteiger partial charge on any atom is 0.259 e. The van der Waals surface area contributed by atoms with Crippen molar-refractivity contribution in [3.05, 3.63) is 34.3 Å². The van der Waals surface area contributed by atoms with E-state index in [-0.39, 0.29) is 25.1 Å². The zero-order valence-corrected chi connectivity index (χ0v) is 13.3. The number of imide groups is 1. The van der Waals surface area contributed by atoms with Crippen molar-refractivity contribution in [3.8, 4) is 0 Å². The predicted octanol–water partition coefficient (Wildman–Crippen LogP) is 1.55. The van der Waals surface area contributed by atoms with E-state index in [2.05, 4.69) is 21.2 Å². The van der Waals surface area contributed by atoms with E-state index in [1.54, 1.807) is 18.2 Å². The summed E-state index contributed by atoms with van der Waals surface area (Å²) in [5.74, 6) is -0.749. The first kappa shape index (κ1) is 16.1. The van der Waals surface area contributed by atoms with Crippen molar-refractivity contribution < 1.29 is 14.7 Å². The normalized spacial score (nSPS) is 19.2. The van der Waals surface area contributed by atoms with Crippen molar-refractivity contribution >= 4 is 27.7 Å². The van der Waals surface area contributed by atoms with Crippen LogP contribution in [-0.2, 0) is 4.79 Å². The zero-order chi connectivity index (χ0) is 15.2. The predicted molar refractivity (Wildman–Crippen MR) is 82.9 cm³/mol. The zero-order valence-electron chi connectivity index (χ0n) is 11.7. The van der Waals surface area contributed by atoms with Gasteiger partial charge in [0.15, 0.2) is 0 Å². The highest BCUT2D eigenvalue weighted by molar-refractivity contribution is 9.10. The second kappa shape index (κ2) is 7.68. The molecular weight excluding hydrogens is 336 g/mol. The average molecular weight is 355 g/mol. The summed E-state index contributed by atoms with van der Waals surface area (Å²) in [5, 5.41) is 11.7. The number of carbonyl (C=O) groups excluding carboxylic acids is 2. The lowest BCUT2D eigenvalue weighted by atomic mass is 10.0. The summed E-state index contributed by atoms with van der Waals surface area (Å²) in [6.45, 7) is 0.967. The van der Waals surface area contributed by atoms with E-state index in [0.717, 1.165) is 25.8 Å². The van der Waals surface area contributed by atoms with Gasteiger partial charge in [-0.15, -0.1) is 0 Å². The van der Waals surface area contributed by atoms with E-state index < -0.39 is 5.91 Å². The Balaban J connectivity index is 1.92. The second-order valence-electron chi connectivity index (χ2n) is 5.16. The van der Waals surface area contributed by atoms with Crippen LogP contribution in [0.3, 0.4) is 0 Å². The smallest absolute Gasteiger partial charge is 0.259 e. The minimum absolute atomic E-state index is 0.0167. The molecule has 1 atom stereocenters. The van der Waals surface area contributed by atoms with Crippen molar-refractivity contribution in [3.63, 3.8) is 0 Å². The largest absolute Gasteiger partial charge is 0.395 e. The number of hydrogen-bond acceptors (Lipinski definition) is 4. The van der Waals surface area contributed by atoms with Gasteiger partial charge in [-0.1, -0.05) is 18.6 Å². The van der Waals surface area contributed by atoms with Gasteiger partial charge in [0.25, 0.3) is 5.91 Å². The molecule has 114 valence electrons. The van der Waals surface area contributed by atoms with Gasteiger partial charge in [-0.05, 0) is 47.4 Å². The van der Waals surface area contributed by atoms with Gasteiger partial charge in [0.2, 0.25) is 5.91 Å². The summed E-state index contributed by atoms with van der Waals surface area (Å²) in [6, 6.07) is 6.98. The van der Waals surface area contributed by atoms with Gasteiger partial charge < -0.3 is 5.11 Å². The molecule has 1 heterocycles. The number of halogens is 1. The Labute approximate surface area is 132 Å². The molecule has 0 saturated carbocycles. The van der Waals surface area contributed by atoms with Crippen LogP contribution in [0.25, 0.3) is 0 Å². The first-order valence-electron chi connectivity index (χ1n) is 7.05. The number of rotatable bonds is 4. The third-order valence-corrected chi connectivity index (χ3v) is 4.37. The van der Waals surface area contributed by atoms with Gasteiger partial charge in [-0.2, -0.15) is 0 Å². The third kappa shape index (κ3) is 4.36. The lowest BCUT2D eigenvalue weighted by Crippen LogP contribution is -2.48. The fraction of sp³-hybridized carbons (Fsp3) is 0.467. The molecule has 2 rings (SSSR count). The number of aliphatic hydroxyl groups excluding tert-OH is 1. The van der Waals surface area contributed by atoms with Crippen LogP contribution < -0.4 is 5.32 Å². The Kier molecular flexibility index (Phi) is 5.90. The minimum Gasteiger partial charge on any atom is -0.395 e. The molecular formula is C15H19BrN2O3. The molecule has 2 amide bonds. The second-order valence-corrected chi connectivity index (χ2v) is 6.01. The Morgan fingerprint density at radius 1 is 1.33 bits per heavy atom. The van der Waals surface area contributed by atoms with Crippen LogP contribution in [0, 0.1) is 0 Å². The number of benzene rings is 1. The van der Waals surface area contributed by atoms with Crippen LogP contribution in [0.4, 0.5) is 0 Å². The van der Waals surface area contributed by atoms with Crippen molar-refractivity contribution in [2.24, 2.45) is 0 Å². The summed E-state index contributed by atoms with van der Waals surface area (Å²) in [6.07, 6.45) is 2.98. The molecule has 0 spiro atoms. The summed E-state index contributed by atoms with van der Waals surface area (Å²) in [5.41, 5.74) is 0.434. The molecule has 1 saturated heterocycles. The van der Waals surface area contributed by atoms with E-state index in [4.69, 9.17) is 0 Å². The molecule has 0 radical (unpaired) electrons. The Morgan fingerprint density at radius 3 is 2.81 bits per heavy atom. The Hall–Kier alpha value is -1.24. The molecule has 6 heteroatoms. The number of carbonyl (C=O) groups is 2. The maximum absolute atomic E-state index is 12.0. The quantitative estimate of drug-likeness (QED) is 0.860. The van der Waals surface area contributed by atoms with Crippen LogP contribution in [0.5, 0.6) is 0 Å². The summed E-state index contributed by atoms with van der Waals surface area (Å²) in [7, 11) is 0. The van der Waals surface area contributed by atoms with Crippen LogP contribution in [-0.4, -0.2) is 47.6 Å². The van der Waals surface area contributed by atoms with E-state index >= 15 is 0 Å². The van der Waals surface area contributed by atoms with Crippen LogP contribution in [0.1, 0.15) is 29.6 Å². The lowest BCUT2D eigenvalue weighted by Gasteiger charge is -2.33. The topological polar surface area (TPSA) is 69.6 Å². The number of piperidine rings is 1. The van der Waals surface area contributed by atoms with Crippen LogP contribution >= 0.6 is 15.9 Å². The van der Waals surface area contributed by atoms with Crippen molar-refractivity contribution in [1.29, 1.82) is 0 Å². The SMILES string of the molecule is O=C(CN1CCCCC1CO)NC(=O)c1ccccc1Br. The number of aliphatic hydroxyl groups is 1. The Morgan fingerprint density at radius 2 is 2.10 bits per heavy atom. The van der Waals surface area contributed by atoms with Gasteiger partial charge in [0, 0.05) is 10.5 Å². The summed E-state index contributed by atoms with van der Waals surface area (Å²) < 4.78 is 0.654. The van der Waals surface area contributed by atoms with Gasteiger partial charge in [-0.3, -0.25) is 19.8 Å². The highest BCUT2D eigenvalue weighted by Crippen LogP contribution is 2.17. The number of nitrogens with one attached hydrogen (secondary N) is 1. The first-order valence-corrected chi connectivity index (χ1v) is 7.84. The molecule has 0 aliphatic carbocycles. The van der Waals surface area contributed by atoms with Gasteiger partial charge in [0.05, 0.1) is 18.7 Å². The molecule has 1 aliphatic heterocycles. The highest BCUT2D eigenvalue weighted by Gasteiger charge is 2.24. The highest BCUT2D eigenvalue weighted by atomic mass is 79.9. The molecule has 2 N–H and O–H groups in total. The van der Waals surface area contributed by atoms with Crippen molar-refractivity contribution in [2.45, 2.75) is 25.3 Å². The number of nitrogens with zero attached hydrogens (tertiary/aromatic N) is 1. The fourth-order valence-electron chi connectivity index (χ4n) is 2.54. The molecule has 0 bridgehead atoms. The third-order valence-electron chi connectivity index (χ3n) is 3.68. The van der Waals surface area contributed by atoms with E-state index in [9.17, 15) is 14.7 Å². The molecule has 1 fully saturated rings. The van der Waals surface area contributed by atoms with Gasteiger partial charge in [0.1, 0.15) is 0 Å². The monoisotopic (exact) mass is 354 g/mol. The first-order chi connectivity index (χ1) is 10.1. The van der Waals surface area contributed by atoms with E-state index in [1.807, 2.05) is 11.0 Å². The van der Waals surface area contributed by atoms with Crippen molar-refractivity contribution in [1.82, 2.24) is 10.2 Å². The standard InChI is InChI=1S/C15H19BrN2O3/c16-13-7-2-1-6-12(13)15(21)17-14(20)9-18-8-4-3-5-11(18)10-19/h1-2,6-7,11,19H,3-5,8-10H2,(H,17,20,21). The number of hydrogen-bond donors (Lipinski definition) is 2.